The van der Waals surface area contributed by atoms with Gasteiger partial charge < -0.3 is 15.8 Å². The Morgan fingerprint density at radius 2 is 1.95 bits per heavy atom. The van der Waals surface area contributed by atoms with Gasteiger partial charge in [-0.05, 0) is 55.6 Å². The third-order valence-corrected chi connectivity index (χ3v) is 8.71. The number of hydrazone groups is 1. The van der Waals surface area contributed by atoms with Crippen molar-refractivity contribution in [3.05, 3.63) is 51.6 Å². The van der Waals surface area contributed by atoms with Crippen LogP contribution in [0.4, 0.5) is 14.5 Å². The number of pyridine rings is 1. The van der Waals surface area contributed by atoms with Crippen molar-refractivity contribution in [1.29, 1.82) is 0 Å². The molecule has 13 heteroatoms. The van der Waals surface area contributed by atoms with Gasteiger partial charge in [0.25, 0.3) is 5.91 Å². The number of nitrogens with two attached hydrogens (primary N) is 1. The fourth-order valence-electron chi connectivity index (χ4n) is 4.82. The molecule has 0 saturated heterocycles. The van der Waals surface area contributed by atoms with E-state index in [0.29, 0.717) is 12.1 Å². The Hall–Kier alpha value is -3.58. The maximum Gasteiger partial charge on any atom is 0.321 e. The van der Waals surface area contributed by atoms with Gasteiger partial charge in [-0.15, -0.1) is 11.8 Å². The van der Waals surface area contributed by atoms with Gasteiger partial charge in [-0.1, -0.05) is 31.8 Å². The summed E-state index contributed by atoms with van der Waals surface area (Å²) in [5, 5.41) is 15.2. The second kappa shape index (κ2) is 14.5. The van der Waals surface area contributed by atoms with Crippen LogP contribution in [-0.2, 0) is 14.3 Å². The minimum atomic E-state index is -0.833. The molecule has 1 amide bonds. The molecule has 1 fully saturated rings. The number of hydrogen-bond donors (Lipinski definition) is 2. The van der Waals surface area contributed by atoms with Gasteiger partial charge >= 0.3 is 5.97 Å². The van der Waals surface area contributed by atoms with E-state index in [2.05, 4.69) is 27.4 Å². The van der Waals surface area contributed by atoms with E-state index in [1.807, 2.05) is 6.92 Å². The van der Waals surface area contributed by atoms with Gasteiger partial charge in [0.1, 0.15) is 11.4 Å². The van der Waals surface area contributed by atoms with Crippen molar-refractivity contribution >= 4 is 35.5 Å². The van der Waals surface area contributed by atoms with Crippen molar-refractivity contribution in [2.75, 3.05) is 25.1 Å². The average molecular weight is 602 g/mol. The Labute approximate surface area is 248 Å². The number of rotatable bonds is 11. The number of ether oxygens (including phenoxy) is 1. The lowest BCUT2D eigenvalue weighted by molar-refractivity contribution is -0.146. The molecule has 1 unspecified atom stereocenters. The quantitative estimate of drug-likeness (QED) is 0.200. The molecule has 1 aliphatic carbocycles. The molecular weight excluding hydrogens is 564 g/mol. The highest BCUT2D eigenvalue weighted by atomic mass is 32.2. The van der Waals surface area contributed by atoms with E-state index in [-0.39, 0.29) is 42.3 Å². The van der Waals surface area contributed by atoms with Crippen LogP contribution in [0.5, 0.6) is 0 Å². The molecule has 3 N–H and O–H groups in total. The van der Waals surface area contributed by atoms with Crippen LogP contribution in [0.25, 0.3) is 11.4 Å². The van der Waals surface area contributed by atoms with Crippen molar-refractivity contribution in [2.45, 2.75) is 65.3 Å². The summed E-state index contributed by atoms with van der Waals surface area (Å²) in [6.45, 7) is 6.11. The lowest BCUT2D eigenvalue weighted by atomic mass is 9.96. The van der Waals surface area contributed by atoms with Crippen LogP contribution in [-0.4, -0.2) is 57.7 Å². The Kier molecular flexibility index (Phi) is 10.9. The second-order valence-electron chi connectivity index (χ2n) is 10.4. The van der Waals surface area contributed by atoms with E-state index in [9.17, 15) is 18.4 Å². The zero-order valence-corrected chi connectivity index (χ0v) is 24.9. The number of amides is 1. The Bertz CT molecular complexity index is 1390. The predicted octanol–water partition coefficient (Wildman–Crippen LogP) is 5.37. The molecule has 2 aromatic rings. The van der Waals surface area contributed by atoms with Crippen molar-refractivity contribution in [3.8, 4) is 11.4 Å². The number of nitrogens with zero attached hydrogens (tertiary/aromatic N) is 5. The van der Waals surface area contributed by atoms with Crippen LogP contribution in [0.2, 0.25) is 0 Å². The Morgan fingerprint density at radius 3 is 2.67 bits per heavy atom. The van der Waals surface area contributed by atoms with Crippen molar-refractivity contribution in [1.82, 2.24) is 19.8 Å². The summed E-state index contributed by atoms with van der Waals surface area (Å²) in [6.07, 6.45) is 9.40. The summed E-state index contributed by atoms with van der Waals surface area (Å²) in [7, 11) is 0. The monoisotopic (exact) mass is 601 g/mol. The predicted molar refractivity (Wildman–Crippen MR) is 159 cm³/mol. The van der Waals surface area contributed by atoms with E-state index in [4.69, 9.17) is 10.5 Å². The minimum Gasteiger partial charge on any atom is -0.442 e. The maximum atomic E-state index is 14.7. The number of allylic oxidation sites excluding steroid dienone is 1. The first-order chi connectivity index (χ1) is 20.2. The summed E-state index contributed by atoms with van der Waals surface area (Å²) >= 11 is 1.43. The van der Waals surface area contributed by atoms with Crippen molar-refractivity contribution < 1.29 is 23.1 Å². The molecule has 0 bridgehead atoms. The van der Waals surface area contributed by atoms with Crippen LogP contribution in [0.15, 0.2) is 44.9 Å². The number of nitrogens with one attached hydrogen (secondary N) is 1. The Morgan fingerprint density at radius 1 is 1.19 bits per heavy atom. The molecule has 2 aliphatic rings. The van der Waals surface area contributed by atoms with Gasteiger partial charge in [0.15, 0.2) is 12.5 Å². The first-order valence-electron chi connectivity index (χ1n) is 14.1. The molecule has 42 heavy (non-hydrogen) atoms. The summed E-state index contributed by atoms with van der Waals surface area (Å²) in [4.78, 5) is 29.5. The Balaban J connectivity index is 1.51. The SMILES string of the molecule is CCC(C)=C(S/C=C(\C)C(=O)Nc1cn(C2CCCCC2)nc1-c1nc(F)ccc1F)C1C=NN(COC(=O)CN)C1. The van der Waals surface area contributed by atoms with Crippen molar-refractivity contribution in [2.24, 2.45) is 16.8 Å². The van der Waals surface area contributed by atoms with E-state index in [0.717, 1.165) is 61.1 Å². The van der Waals surface area contributed by atoms with Crippen LogP contribution in [0.1, 0.15) is 65.3 Å². The molecule has 4 rings (SSSR count). The topological polar surface area (TPSA) is 128 Å². The number of aromatic nitrogens is 3. The number of hydrogen-bond acceptors (Lipinski definition) is 9. The molecule has 1 saturated carbocycles. The van der Waals surface area contributed by atoms with E-state index >= 15 is 0 Å². The molecule has 226 valence electrons. The van der Waals surface area contributed by atoms with E-state index < -0.39 is 23.6 Å². The third-order valence-electron chi connectivity index (χ3n) is 7.33. The molecule has 0 radical (unpaired) electrons. The lowest BCUT2D eigenvalue weighted by Gasteiger charge is -2.21. The van der Waals surface area contributed by atoms with E-state index in [1.54, 1.807) is 34.4 Å². The number of carbonyl (C=O) groups excluding carboxylic acids is 2. The van der Waals surface area contributed by atoms with Crippen molar-refractivity contribution in [3.63, 3.8) is 0 Å². The van der Waals surface area contributed by atoms with Crippen LogP contribution in [0, 0.1) is 17.7 Å². The molecule has 3 heterocycles. The highest BCUT2D eigenvalue weighted by Crippen LogP contribution is 2.35. The van der Waals surface area contributed by atoms with Gasteiger partial charge in [-0.3, -0.25) is 19.3 Å². The highest BCUT2D eigenvalue weighted by molar-refractivity contribution is 8.05. The fraction of sp³-hybridized carbons (Fsp3) is 0.483. The van der Waals surface area contributed by atoms with Gasteiger partial charge in [0, 0.05) is 23.9 Å². The summed E-state index contributed by atoms with van der Waals surface area (Å²) in [5.74, 6) is -2.50. The largest absolute Gasteiger partial charge is 0.442 e. The normalized spacial score (nSPS) is 18.3. The number of thioether (sulfide) groups is 1. The van der Waals surface area contributed by atoms with Gasteiger partial charge in [-0.2, -0.15) is 14.6 Å². The van der Waals surface area contributed by atoms with E-state index in [1.165, 1.54) is 11.8 Å². The van der Waals surface area contributed by atoms with Crippen LogP contribution in [0.3, 0.4) is 0 Å². The smallest absolute Gasteiger partial charge is 0.321 e. The third kappa shape index (κ3) is 7.82. The molecular formula is C29H37F2N7O3S. The standard InChI is InChI=1S/C29H37F2N7O3S/c1-4-18(2)28(20-13-33-37(14-20)17-41-25(39)12-32)42-16-19(3)29(40)34-23-15-38(21-8-6-5-7-9-21)36-27(23)26-22(30)10-11-24(31)35-26/h10-11,13,15-16,20-21H,4-9,12,14,17,32H2,1-3H3,(H,34,40)/b19-16+,28-18?. The first kappa shape index (κ1) is 31.4. The molecule has 10 nitrogen and oxygen atoms in total. The number of anilines is 1. The minimum absolute atomic E-state index is 0.0149. The van der Waals surface area contributed by atoms with Gasteiger partial charge in [0.05, 0.1) is 24.8 Å². The molecule has 1 atom stereocenters. The molecule has 0 aromatic carbocycles. The number of esters is 1. The number of halogens is 2. The van der Waals surface area contributed by atoms with Gasteiger partial charge in [-0.25, -0.2) is 9.37 Å². The highest BCUT2D eigenvalue weighted by Gasteiger charge is 2.25. The molecule has 1 aliphatic heterocycles. The molecule has 0 spiro atoms. The summed E-state index contributed by atoms with van der Waals surface area (Å²) in [6, 6.07) is 2.07. The first-order valence-corrected chi connectivity index (χ1v) is 15.0. The van der Waals surface area contributed by atoms with Crippen LogP contribution >= 0.6 is 11.8 Å². The molecule has 2 aromatic heterocycles. The lowest BCUT2D eigenvalue weighted by Crippen LogP contribution is -2.26. The number of carbonyl (C=O) groups is 2. The van der Waals surface area contributed by atoms with Gasteiger partial charge in [0.2, 0.25) is 5.95 Å². The fourth-order valence-corrected chi connectivity index (χ4v) is 5.88. The second-order valence-corrected chi connectivity index (χ2v) is 11.3. The average Bonchev–Trinajstić information content (AvgIpc) is 3.64. The van der Waals surface area contributed by atoms with Crippen LogP contribution < -0.4 is 11.1 Å². The zero-order chi connectivity index (χ0) is 30.2. The zero-order valence-electron chi connectivity index (χ0n) is 24.1. The summed E-state index contributed by atoms with van der Waals surface area (Å²) < 4.78 is 35.5. The maximum absolute atomic E-state index is 14.7. The summed E-state index contributed by atoms with van der Waals surface area (Å²) in [5.41, 5.74) is 6.98.